The average Bonchev–Trinajstić information content (AvgIpc) is 3.35. The molecule has 0 radical (unpaired) electrons. The Hall–Kier alpha value is -2.17. The van der Waals surface area contributed by atoms with Crippen LogP contribution >= 0.6 is 0 Å². The molecule has 0 aliphatic heterocycles. The number of Topliss-reactive ketones (excluding diaryl/α,β-unsaturated/α-hetero) is 1. The van der Waals surface area contributed by atoms with E-state index in [0.29, 0.717) is 5.56 Å². The fraction of sp³-hybridized carbons (Fsp3) is 0.438. The van der Waals surface area contributed by atoms with E-state index in [1.54, 1.807) is 12.1 Å². The molecule has 2 amide bonds. The summed E-state index contributed by atoms with van der Waals surface area (Å²) in [5, 5.41) is 0. The first kappa shape index (κ1) is 15.2. The van der Waals surface area contributed by atoms with Gasteiger partial charge in [0.1, 0.15) is 0 Å². The Morgan fingerprint density at radius 1 is 1.05 bits per heavy atom. The van der Waals surface area contributed by atoms with Gasteiger partial charge in [-0.2, -0.15) is 0 Å². The zero-order chi connectivity index (χ0) is 15.2. The molecule has 1 fully saturated rings. The van der Waals surface area contributed by atoms with Crippen molar-refractivity contribution >= 4 is 17.6 Å². The minimum absolute atomic E-state index is 0.0454. The maximum atomic E-state index is 11.9. The summed E-state index contributed by atoms with van der Waals surface area (Å²) in [7, 11) is 0. The molecule has 5 heteroatoms. The largest absolute Gasteiger partial charge is 0.294 e. The van der Waals surface area contributed by atoms with Gasteiger partial charge in [0.15, 0.2) is 5.78 Å². The van der Waals surface area contributed by atoms with E-state index in [0.717, 1.165) is 19.3 Å². The van der Waals surface area contributed by atoms with Crippen molar-refractivity contribution in [1.29, 1.82) is 0 Å². The number of ketones is 1. The van der Waals surface area contributed by atoms with Gasteiger partial charge in [-0.3, -0.25) is 25.2 Å². The molecule has 1 aliphatic carbocycles. The summed E-state index contributed by atoms with van der Waals surface area (Å²) in [6.45, 7) is 2.05. The lowest BCUT2D eigenvalue weighted by molar-refractivity contribution is -0.129. The molecule has 0 atom stereocenters. The van der Waals surface area contributed by atoms with Crippen LogP contribution in [0.25, 0.3) is 0 Å². The first-order valence-electron chi connectivity index (χ1n) is 7.31. The smallest absolute Gasteiger partial charge is 0.241 e. The second-order valence-electron chi connectivity index (χ2n) is 5.29. The van der Waals surface area contributed by atoms with Crippen LogP contribution in [0.5, 0.6) is 0 Å². The third-order valence-electron chi connectivity index (χ3n) is 3.54. The topological polar surface area (TPSA) is 75.3 Å². The van der Waals surface area contributed by atoms with Crippen LogP contribution in [-0.4, -0.2) is 17.6 Å². The molecular formula is C16H20N2O3. The van der Waals surface area contributed by atoms with Crippen molar-refractivity contribution in [3.8, 4) is 0 Å². The van der Waals surface area contributed by atoms with Crippen LogP contribution in [-0.2, 0) is 16.0 Å². The van der Waals surface area contributed by atoms with Gasteiger partial charge < -0.3 is 0 Å². The summed E-state index contributed by atoms with van der Waals surface area (Å²) in [5.74, 6) is -0.516. The molecule has 112 valence electrons. The van der Waals surface area contributed by atoms with Crippen LogP contribution in [0.15, 0.2) is 24.3 Å². The molecule has 2 N–H and O–H groups in total. The first-order valence-corrected chi connectivity index (χ1v) is 7.31. The van der Waals surface area contributed by atoms with Gasteiger partial charge in [0, 0.05) is 24.3 Å². The zero-order valence-electron chi connectivity index (χ0n) is 12.1. The molecule has 1 aliphatic rings. The zero-order valence-corrected chi connectivity index (χ0v) is 12.1. The Kier molecular flexibility index (Phi) is 5.09. The van der Waals surface area contributed by atoms with Gasteiger partial charge in [-0.1, -0.05) is 31.2 Å². The minimum atomic E-state index is -0.345. The maximum Gasteiger partial charge on any atom is 0.241 e. The van der Waals surface area contributed by atoms with Crippen LogP contribution in [0.3, 0.4) is 0 Å². The van der Waals surface area contributed by atoms with E-state index < -0.39 is 0 Å². The van der Waals surface area contributed by atoms with E-state index in [2.05, 4.69) is 17.8 Å². The van der Waals surface area contributed by atoms with E-state index in [1.165, 1.54) is 5.56 Å². The van der Waals surface area contributed by atoms with Gasteiger partial charge >= 0.3 is 0 Å². The normalized spacial score (nSPS) is 13.6. The fourth-order valence-electron chi connectivity index (χ4n) is 1.94. The van der Waals surface area contributed by atoms with Crippen molar-refractivity contribution in [2.45, 2.75) is 39.0 Å². The average molecular weight is 288 g/mol. The molecule has 1 saturated carbocycles. The Morgan fingerprint density at radius 2 is 1.71 bits per heavy atom. The van der Waals surface area contributed by atoms with E-state index >= 15 is 0 Å². The van der Waals surface area contributed by atoms with Crippen molar-refractivity contribution in [2.24, 2.45) is 5.92 Å². The molecule has 0 aromatic heterocycles. The third kappa shape index (κ3) is 4.70. The highest BCUT2D eigenvalue weighted by atomic mass is 16.2. The molecule has 0 saturated heterocycles. The maximum absolute atomic E-state index is 11.9. The highest BCUT2D eigenvalue weighted by Gasteiger charge is 2.29. The van der Waals surface area contributed by atoms with Gasteiger partial charge in [-0.05, 0) is 24.8 Å². The van der Waals surface area contributed by atoms with Crippen LogP contribution in [0.2, 0.25) is 0 Å². The molecule has 0 unspecified atom stereocenters. The van der Waals surface area contributed by atoms with Crippen molar-refractivity contribution < 1.29 is 14.4 Å². The monoisotopic (exact) mass is 288 g/mol. The lowest BCUT2D eigenvalue weighted by Gasteiger charge is -2.06. The summed E-state index contributed by atoms with van der Waals surface area (Å²) in [5.41, 5.74) is 6.50. The van der Waals surface area contributed by atoms with Crippen LogP contribution in [0.4, 0.5) is 0 Å². The van der Waals surface area contributed by atoms with Crippen molar-refractivity contribution in [3.63, 3.8) is 0 Å². The number of hydrazine groups is 1. The Labute approximate surface area is 124 Å². The number of rotatable bonds is 6. The Morgan fingerprint density at radius 3 is 2.29 bits per heavy atom. The van der Waals surface area contributed by atoms with Crippen molar-refractivity contribution in [3.05, 3.63) is 35.4 Å². The van der Waals surface area contributed by atoms with Crippen LogP contribution in [0.1, 0.15) is 48.5 Å². The quantitative estimate of drug-likeness (QED) is 0.619. The minimum Gasteiger partial charge on any atom is -0.294 e. The lowest BCUT2D eigenvalue weighted by Crippen LogP contribution is -2.42. The van der Waals surface area contributed by atoms with Gasteiger partial charge in [-0.15, -0.1) is 0 Å². The van der Waals surface area contributed by atoms with E-state index in [1.807, 2.05) is 12.1 Å². The molecule has 1 aromatic rings. The van der Waals surface area contributed by atoms with Crippen LogP contribution < -0.4 is 10.9 Å². The predicted molar refractivity (Wildman–Crippen MR) is 78.4 cm³/mol. The summed E-state index contributed by atoms with van der Waals surface area (Å²) in [6, 6.07) is 7.41. The molecular weight excluding hydrogens is 268 g/mol. The van der Waals surface area contributed by atoms with E-state index in [9.17, 15) is 14.4 Å². The van der Waals surface area contributed by atoms with Gasteiger partial charge in [-0.25, -0.2) is 0 Å². The van der Waals surface area contributed by atoms with E-state index in [4.69, 9.17) is 0 Å². The number of nitrogens with one attached hydrogen (secondary N) is 2. The molecule has 0 spiro atoms. The number of hydrogen-bond donors (Lipinski definition) is 2. The summed E-state index contributed by atoms with van der Waals surface area (Å²) < 4.78 is 0. The van der Waals surface area contributed by atoms with Gasteiger partial charge in [0.2, 0.25) is 11.8 Å². The number of aryl methyl sites for hydroxylation is 1. The Bertz CT molecular complexity index is 533. The Balaban J connectivity index is 1.71. The van der Waals surface area contributed by atoms with Gasteiger partial charge in [0.25, 0.3) is 0 Å². The van der Waals surface area contributed by atoms with Gasteiger partial charge in [0.05, 0.1) is 0 Å². The molecule has 0 heterocycles. The molecule has 0 bridgehead atoms. The number of carbonyl (C=O) groups excluding carboxylic acids is 3. The molecule has 1 aromatic carbocycles. The lowest BCUT2D eigenvalue weighted by atomic mass is 10.0. The van der Waals surface area contributed by atoms with E-state index in [-0.39, 0.29) is 36.4 Å². The number of carbonyl (C=O) groups is 3. The third-order valence-corrected chi connectivity index (χ3v) is 3.54. The summed E-state index contributed by atoms with van der Waals surface area (Å²) in [6.07, 6.45) is 2.90. The number of hydrogen-bond acceptors (Lipinski definition) is 3. The van der Waals surface area contributed by atoms with Crippen LogP contribution in [0, 0.1) is 5.92 Å². The fourth-order valence-corrected chi connectivity index (χ4v) is 1.94. The summed E-state index contributed by atoms with van der Waals surface area (Å²) in [4.78, 5) is 34.8. The highest BCUT2D eigenvalue weighted by Crippen LogP contribution is 2.28. The molecule has 2 rings (SSSR count). The molecule has 5 nitrogen and oxygen atoms in total. The predicted octanol–water partition coefficient (Wildman–Crippen LogP) is 1.77. The number of amides is 2. The highest BCUT2D eigenvalue weighted by molar-refractivity contribution is 5.98. The van der Waals surface area contributed by atoms with Crippen molar-refractivity contribution in [2.75, 3.05) is 0 Å². The standard InChI is InChI=1S/C16H20N2O3/c1-2-11-3-5-12(6-4-11)14(19)9-10-15(20)17-18-16(21)13-7-8-13/h3-6,13H,2,7-10H2,1H3,(H,17,20)(H,18,21). The van der Waals surface area contributed by atoms with Crippen molar-refractivity contribution in [1.82, 2.24) is 10.9 Å². The second-order valence-corrected chi connectivity index (χ2v) is 5.29. The second kappa shape index (κ2) is 7.02. The first-order chi connectivity index (χ1) is 10.1. The molecule has 21 heavy (non-hydrogen) atoms. The summed E-state index contributed by atoms with van der Waals surface area (Å²) >= 11 is 0. The SMILES string of the molecule is CCc1ccc(C(=O)CCC(=O)NNC(=O)C2CC2)cc1. The number of benzene rings is 1.